The molecule has 30 heavy (non-hydrogen) atoms. The lowest BCUT2D eigenvalue weighted by molar-refractivity contribution is -0.140. The number of amides is 1. The molecule has 0 spiro atoms. The van der Waals surface area contributed by atoms with E-state index in [1.165, 1.54) is 18.1 Å². The number of aromatic hydroxyl groups is 1. The molecule has 0 radical (unpaired) electrons. The summed E-state index contributed by atoms with van der Waals surface area (Å²) in [5.74, 6) is -1.68. The number of hydrogen-bond acceptors (Lipinski definition) is 6. The molecule has 1 saturated heterocycles. The summed E-state index contributed by atoms with van der Waals surface area (Å²) >= 11 is 5.92. The number of carbonyl (C=O) groups excluding carboxylic acids is 2. The van der Waals surface area contributed by atoms with Crippen LogP contribution >= 0.6 is 11.6 Å². The van der Waals surface area contributed by atoms with Crippen LogP contribution in [0.25, 0.3) is 5.76 Å². The average molecular weight is 432 g/mol. The summed E-state index contributed by atoms with van der Waals surface area (Å²) in [6.45, 7) is 2.46. The SMILES string of the molecule is CCOc1cc([C@@H]2/C(=C(\O)c3ccc(Cl)cc3)C(=O)C(=O)N2CCOC)ccc1O. The maximum absolute atomic E-state index is 12.9. The third-order valence-electron chi connectivity index (χ3n) is 4.79. The zero-order valence-electron chi connectivity index (χ0n) is 16.6. The minimum atomic E-state index is -0.865. The summed E-state index contributed by atoms with van der Waals surface area (Å²) in [6.07, 6.45) is 0. The fourth-order valence-corrected chi connectivity index (χ4v) is 3.51. The zero-order valence-corrected chi connectivity index (χ0v) is 17.3. The van der Waals surface area contributed by atoms with Crippen molar-refractivity contribution in [2.75, 3.05) is 26.9 Å². The van der Waals surface area contributed by atoms with Crippen LogP contribution < -0.4 is 4.74 Å². The average Bonchev–Trinajstić information content (AvgIpc) is 2.98. The second kappa shape index (κ2) is 9.19. The molecular formula is C22H22ClNO6. The van der Waals surface area contributed by atoms with Crippen molar-refractivity contribution in [1.82, 2.24) is 4.90 Å². The molecule has 0 aliphatic carbocycles. The van der Waals surface area contributed by atoms with Crippen LogP contribution in [0.4, 0.5) is 0 Å². The summed E-state index contributed by atoms with van der Waals surface area (Å²) in [7, 11) is 1.49. The van der Waals surface area contributed by atoms with Crippen molar-refractivity contribution >= 4 is 29.1 Å². The number of hydrogen-bond donors (Lipinski definition) is 2. The van der Waals surface area contributed by atoms with Crippen molar-refractivity contribution in [3.05, 3.63) is 64.2 Å². The number of phenols is 1. The number of phenolic OH excluding ortho intramolecular Hbond substituents is 1. The number of likely N-dealkylation sites (tertiary alicyclic amines) is 1. The van der Waals surface area contributed by atoms with Gasteiger partial charge in [-0.05, 0) is 48.9 Å². The predicted octanol–water partition coefficient (Wildman–Crippen LogP) is 3.51. The molecule has 158 valence electrons. The molecule has 2 aromatic carbocycles. The minimum absolute atomic E-state index is 0.0495. The van der Waals surface area contributed by atoms with Crippen molar-refractivity contribution < 1.29 is 29.3 Å². The highest BCUT2D eigenvalue weighted by Crippen LogP contribution is 2.41. The summed E-state index contributed by atoms with van der Waals surface area (Å²) in [4.78, 5) is 27.0. The number of rotatable bonds is 7. The monoisotopic (exact) mass is 431 g/mol. The summed E-state index contributed by atoms with van der Waals surface area (Å²) in [6, 6.07) is 10.0. The maximum atomic E-state index is 12.9. The van der Waals surface area contributed by atoms with Crippen molar-refractivity contribution in [3.63, 3.8) is 0 Å². The molecule has 1 amide bonds. The van der Waals surface area contributed by atoms with Gasteiger partial charge in [0.1, 0.15) is 5.76 Å². The number of aliphatic hydroxyl groups excluding tert-OH is 1. The number of halogens is 1. The molecule has 1 atom stereocenters. The molecule has 0 aromatic heterocycles. The molecule has 3 rings (SSSR count). The fourth-order valence-electron chi connectivity index (χ4n) is 3.38. The molecule has 1 heterocycles. The Labute approximate surface area is 179 Å². The Kier molecular flexibility index (Phi) is 6.64. The van der Waals surface area contributed by atoms with Gasteiger partial charge in [0.15, 0.2) is 11.5 Å². The largest absolute Gasteiger partial charge is 0.507 e. The first-order valence-corrected chi connectivity index (χ1v) is 9.75. The molecule has 0 unspecified atom stereocenters. The standard InChI is InChI=1S/C22H22ClNO6/c1-3-30-17-12-14(6-9-16(17)25)19-18(20(26)13-4-7-15(23)8-5-13)21(27)22(28)24(19)10-11-29-2/h4-9,12,19,25-26H,3,10-11H2,1-2H3/b20-18+/t19-/m1/s1. The van der Waals surface area contributed by atoms with Crippen LogP contribution in [0.5, 0.6) is 11.5 Å². The molecule has 8 heteroatoms. The first kappa shape index (κ1) is 21.7. The van der Waals surface area contributed by atoms with Crippen molar-refractivity contribution in [3.8, 4) is 11.5 Å². The first-order valence-electron chi connectivity index (χ1n) is 9.38. The summed E-state index contributed by atoms with van der Waals surface area (Å²) < 4.78 is 10.5. The Hall–Kier alpha value is -3.03. The van der Waals surface area contributed by atoms with Gasteiger partial charge in [-0.15, -0.1) is 0 Å². The molecule has 1 aliphatic heterocycles. The smallest absolute Gasteiger partial charge is 0.295 e. The lowest BCUT2D eigenvalue weighted by Gasteiger charge is -2.25. The van der Waals surface area contributed by atoms with E-state index < -0.39 is 17.7 Å². The van der Waals surface area contributed by atoms with Crippen LogP contribution in [0, 0.1) is 0 Å². The second-order valence-electron chi connectivity index (χ2n) is 6.65. The number of methoxy groups -OCH3 is 1. The van der Waals surface area contributed by atoms with Gasteiger partial charge in [-0.3, -0.25) is 9.59 Å². The Morgan fingerprint density at radius 3 is 2.50 bits per heavy atom. The van der Waals surface area contributed by atoms with Crippen molar-refractivity contribution in [2.24, 2.45) is 0 Å². The van der Waals surface area contributed by atoms with E-state index in [0.717, 1.165) is 0 Å². The molecule has 0 saturated carbocycles. The van der Waals surface area contributed by atoms with E-state index in [4.69, 9.17) is 21.1 Å². The van der Waals surface area contributed by atoms with Gasteiger partial charge < -0.3 is 24.6 Å². The van der Waals surface area contributed by atoms with Gasteiger partial charge in [0.25, 0.3) is 11.7 Å². The van der Waals surface area contributed by atoms with E-state index in [1.54, 1.807) is 43.3 Å². The Morgan fingerprint density at radius 1 is 1.17 bits per heavy atom. The van der Waals surface area contributed by atoms with E-state index in [0.29, 0.717) is 22.8 Å². The molecule has 2 N–H and O–H groups in total. The van der Waals surface area contributed by atoms with E-state index in [1.807, 2.05) is 0 Å². The maximum Gasteiger partial charge on any atom is 0.295 e. The van der Waals surface area contributed by atoms with E-state index in [2.05, 4.69) is 0 Å². The number of ketones is 1. The number of ether oxygens (including phenoxy) is 2. The van der Waals surface area contributed by atoms with E-state index in [9.17, 15) is 19.8 Å². The summed E-state index contributed by atoms with van der Waals surface area (Å²) in [5, 5.41) is 21.4. The van der Waals surface area contributed by atoms with E-state index in [-0.39, 0.29) is 36.0 Å². The third kappa shape index (κ3) is 4.13. The number of carbonyl (C=O) groups is 2. The lowest BCUT2D eigenvalue weighted by atomic mass is 9.95. The van der Waals surface area contributed by atoms with Gasteiger partial charge in [0.2, 0.25) is 0 Å². The molecular weight excluding hydrogens is 410 g/mol. The van der Waals surface area contributed by atoms with Gasteiger partial charge >= 0.3 is 0 Å². The van der Waals surface area contributed by atoms with Gasteiger partial charge in [0.05, 0.1) is 24.8 Å². The van der Waals surface area contributed by atoms with Gasteiger partial charge in [-0.25, -0.2) is 0 Å². The highest BCUT2D eigenvalue weighted by Gasteiger charge is 2.46. The quantitative estimate of drug-likeness (QED) is 0.395. The van der Waals surface area contributed by atoms with Crippen LogP contribution in [-0.2, 0) is 14.3 Å². The predicted molar refractivity (Wildman–Crippen MR) is 112 cm³/mol. The first-order chi connectivity index (χ1) is 14.4. The van der Waals surface area contributed by atoms with Crippen molar-refractivity contribution in [1.29, 1.82) is 0 Å². The number of nitrogens with zero attached hydrogens (tertiary/aromatic N) is 1. The van der Waals surface area contributed by atoms with Crippen LogP contribution in [-0.4, -0.2) is 53.7 Å². The number of Topliss-reactive ketones (excluding diaryl/α,β-unsaturated/α-hetero) is 1. The highest BCUT2D eigenvalue weighted by molar-refractivity contribution is 6.46. The van der Waals surface area contributed by atoms with Gasteiger partial charge in [-0.2, -0.15) is 0 Å². The minimum Gasteiger partial charge on any atom is -0.507 e. The molecule has 7 nitrogen and oxygen atoms in total. The topological polar surface area (TPSA) is 96.3 Å². The Morgan fingerprint density at radius 2 is 1.87 bits per heavy atom. The molecule has 1 fully saturated rings. The third-order valence-corrected chi connectivity index (χ3v) is 5.05. The van der Waals surface area contributed by atoms with Crippen LogP contribution in [0.3, 0.4) is 0 Å². The molecule has 2 aromatic rings. The normalized spacial score (nSPS) is 18.1. The Bertz CT molecular complexity index is 986. The van der Waals surface area contributed by atoms with Crippen LogP contribution in [0.2, 0.25) is 5.02 Å². The fraction of sp³-hybridized carbons (Fsp3) is 0.273. The zero-order chi connectivity index (χ0) is 21.8. The number of benzene rings is 2. The lowest BCUT2D eigenvalue weighted by Crippen LogP contribution is -2.32. The van der Waals surface area contributed by atoms with Gasteiger partial charge in [0, 0.05) is 24.2 Å². The van der Waals surface area contributed by atoms with E-state index >= 15 is 0 Å². The van der Waals surface area contributed by atoms with Crippen molar-refractivity contribution in [2.45, 2.75) is 13.0 Å². The van der Waals surface area contributed by atoms with Gasteiger partial charge in [-0.1, -0.05) is 17.7 Å². The molecule has 1 aliphatic rings. The van der Waals surface area contributed by atoms with Crippen LogP contribution in [0.15, 0.2) is 48.0 Å². The number of aliphatic hydroxyl groups is 1. The van der Waals surface area contributed by atoms with Crippen LogP contribution in [0.1, 0.15) is 24.1 Å². The second-order valence-corrected chi connectivity index (χ2v) is 7.09. The molecule has 0 bridgehead atoms. The Balaban J connectivity index is 2.17. The summed E-state index contributed by atoms with van der Waals surface area (Å²) in [5.41, 5.74) is 0.826. The highest BCUT2D eigenvalue weighted by atomic mass is 35.5.